The van der Waals surface area contributed by atoms with Crippen molar-refractivity contribution in [2.75, 3.05) is 5.75 Å². The summed E-state index contributed by atoms with van der Waals surface area (Å²) in [6.45, 7) is 0. The maximum Gasteiger partial charge on any atom is 0.253 e. The Morgan fingerprint density at radius 3 is 2.70 bits per heavy atom. The maximum atomic E-state index is 13.6. The average molecular weight is 457 g/mol. The van der Waals surface area contributed by atoms with Gasteiger partial charge in [0, 0.05) is 11.5 Å². The van der Waals surface area contributed by atoms with Crippen LogP contribution in [0, 0.1) is 11.7 Å². The van der Waals surface area contributed by atoms with Gasteiger partial charge in [-0.25, -0.2) is 14.4 Å². The number of nitrogens with one attached hydrogen (secondary N) is 1. The molecule has 1 aliphatic heterocycles. The highest BCUT2D eigenvalue weighted by Gasteiger charge is 2.43. The molecule has 164 valence electrons. The van der Waals surface area contributed by atoms with Crippen molar-refractivity contribution >= 4 is 34.4 Å². The van der Waals surface area contributed by atoms with Gasteiger partial charge in [0.25, 0.3) is 5.91 Å². The van der Waals surface area contributed by atoms with E-state index in [2.05, 4.69) is 22.1 Å². The van der Waals surface area contributed by atoms with Gasteiger partial charge in [-0.2, -0.15) is 5.10 Å². The van der Waals surface area contributed by atoms with Crippen molar-refractivity contribution < 1.29 is 9.18 Å². The van der Waals surface area contributed by atoms with Crippen LogP contribution < -0.4 is 0 Å². The molecule has 3 aromatic carbocycles. The average Bonchev–Trinajstić information content (AvgIpc) is 3.44. The number of thioether (sulfide) groups is 1. The first-order chi connectivity index (χ1) is 16.2. The number of para-hydroxylation sites is 2. The molecule has 2 atom stereocenters. The molecule has 0 saturated carbocycles. The van der Waals surface area contributed by atoms with E-state index in [1.165, 1.54) is 29.5 Å². The number of aromatic amines is 1. The number of imidazole rings is 1. The number of benzene rings is 3. The fourth-order valence-corrected chi connectivity index (χ4v) is 5.60. The van der Waals surface area contributed by atoms with Crippen LogP contribution in [0.25, 0.3) is 11.0 Å². The largest absolute Gasteiger partial charge is 0.333 e. The third kappa shape index (κ3) is 3.62. The zero-order chi connectivity index (χ0) is 22.4. The molecule has 4 aromatic rings. The van der Waals surface area contributed by atoms with Crippen molar-refractivity contribution in [3.05, 3.63) is 95.3 Å². The number of carbonyl (C=O) groups excluding carboxylic acids is 1. The van der Waals surface area contributed by atoms with Crippen LogP contribution in [0.5, 0.6) is 0 Å². The lowest BCUT2D eigenvalue weighted by Crippen LogP contribution is -2.33. The first-order valence-electron chi connectivity index (χ1n) is 11.0. The van der Waals surface area contributed by atoms with Crippen molar-refractivity contribution in [3.63, 3.8) is 0 Å². The summed E-state index contributed by atoms with van der Waals surface area (Å²) in [7, 11) is 0. The summed E-state index contributed by atoms with van der Waals surface area (Å²) in [5.41, 5.74) is 6.05. The number of aromatic nitrogens is 2. The number of amides is 1. The Hall–Kier alpha value is -3.45. The number of halogens is 1. The van der Waals surface area contributed by atoms with Gasteiger partial charge in [0.05, 0.1) is 28.5 Å². The van der Waals surface area contributed by atoms with Crippen molar-refractivity contribution in [1.82, 2.24) is 15.0 Å². The maximum absolute atomic E-state index is 13.6. The van der Waals surface area contributed by atoms with Gasteiger partial charge in [-0.1, -0.05) is 60.3 Å². The van der Waals surface area contributed by atoms with Gasteiger partial charge in [0.2, 0.25) is 0 Å². The lowest BCUT2D eigenvalue weighted by molar-refractivity contribution is -0.130. The van der Waals surface area contributed by atoms with Gasteiger partial charge >= 0.3 is 0 Å². The number of nitrogens with zero attached hydrogens (tertiary/aromatic N) is 3. The fourth-order valence-electron chi connectivity index (χ4n) is 4.86. The monoisotopic (exact) mass is 456 g/mol. The number of hydrogen-bond acceptors (Lipinski definition) is 4. The molecule has 2 heterocycles. The second-order valence-corrected chi connectivity index (χ2v) is 9.33. The molecule has 7 heteroatoms. The quantitative estimate of drug-likeness (QED) is 0.422. The predicted octanol–water partition coefficient (Wildman–Crippen LogP) is 5.34. The third-order valence-electron chi connectivity index (χ3n) is 6.40. The van der Waals surface area contributed by atoms with E-state index in [1.54, 1.807) is 17.1 Å². The molecule has 0 bridgehead atoms. The number of fused-ring (bicyclic) bond motifs is 4. The molecule has 6 rings (SSSR count). The number of hydrazone groups is 1. The number of rotatable bonds is 4. The number of aryl methyl sites for hydroxylation is 1. The summed E-state index contributed by atoms with van der Waals surface area (Å²) < 4.78 is 13.6. The van der Waals surface area contributed by atoms with E-state index in [9.17, 15) is 9.18 Å². The van der Waals surface area contributed by atoms with Crippen LogP contribution in [-0.4, -0.2) is 32.3 Å². The minimum Gasteiger partial charge on any atom is -0.333 e. The van der Waals surface area contributed by atoms with Crippen LogP contribution in [0.2, 0.25) is 0 Å². The number of carbonyl (C=O) groups is 1. The van der Waals surface area contributed by atoms with Gasteiger partial charge in [0.15, 0.2) is 5.16 Å². The standard InChI is InChI=1S/C26H21FN4OS/c27-18-12-9-17(10-13-18)25-20-14-11-16-5-1-2-6-19(16)24(20)30-31(25)23(32)15-33-26-28-21-7-3-4-8-22(21)29-26/h1-10,12-13,20,25H,11,14-15H2,(H,28,29)/t20-,25+/m0/s1. The summed E-state index contributed by atoms with van der Waals surface area (Å²) in [5.74, 6) is -0.0762. The topological polar surface area (TPSA) is 61.4 Å². The molecule has 1 aliphatic carbocycles. The van der Waals surface area contributed by atoms with Crippen LogP contribution in [0.1, 0.15) is 29.2 Å². The molecule has 1 amide bonds. The molecule has 1 aromatic heterocycles. The lowest BCUT2D eigenvalue weighted by Gasteiger charge is -2.29. The summed E-state index contributed by atoms with van der Waals surface area (Å²) >= 11 is 1.37. The molecular weight excluding hydrogens is 435 g/mol. The van der Waals surface area contributed by atoms with Gasteiger partial charge in [-0.15, -0.1) is 0 Å². The fraction of sp³-hybridized carbons (Fsp3) is 0.192. The Kier molecular flexibility index (Phi) is 4.99. The normalized spacial score (nSPS) is 19.3. The summed E-state index contributed by atoms with van der Waals surface area (Å²) in [6, 6.07) is 22.3. The van der Waals surface area contributed by atoms with Crippen molar-refractivity contribution in [2.45, 2.75) is 24.0 Å². The van der Waals surface area contributed by atoms with E-state index >= 15 is 0 Å². The van der Waals surface area contributed by atoms with Gasteiger partial charge in [0.1, 0.15) is 5.82 Å². The third-order valence-corrected chi connectivity index (χ3v) is 7.25. The summed E-state index contributed by atoms with van der Waals surface area (Å²) in [6.07, 6.45) is 1.84. The zero-order valence-corrected chi connectivity index (χ0v) is 18.6. The highest BCUT2D eigenvalue weighted by atomic mass is 32.2. The summed E-state index contributed by atoms with van der Waals surface area (Å²) in [5, 5.41) is 7.17. The summed E-state index contributed by atoms with van der Waals surface area (Å²) in [4.78, 5) is 21.2. The first kappa shape index (κ1) is 20.2. The molecular formula is C26H21FN4OS. The van der Waals surface area contributed by atoms with Crippen LogP contribution in [0.15, 0.2) is 83.1 Å². The first-order valence-corrected chi connectivity index (χ1v) is 12.0. The molecule has 1 N–H and O–H groups in total. The highest BCUT2D eigenvalue weighted by molar-refractivity contribution is 7.99. The van der Waals surface area contributed by atoms with Crippen LogP contribution in [-0.2, 0) is 11.2 Å². The minimum absolute atomic E-state index is 0.0884. The second kappa shape index (κ2) is 8.15. The SMILES string of the molecule is O=C(CSc1nc2ccccc2[nH]1)N1N=C2c3ccccc3CC[C@@H]2[C@H]1c1ccc(F)cc1. The van der Waals surface area contributed by atoms with E-state index in [0.29, 0.717) is 5.16 Å². The molecule has 5 nitrogen and oxygen atoms in total. The number of H-pyrrole nitrogens is 1. The number of hydrogen-bond donors (Lipinski definition) is 1. The highest BCUT2D eigenvalue weighted by Crippen LogP contribution is 2.43. The smallest absolute Gasteiger partial charge is 0.253 e. The molecule has 0 fully saturated rings. The van der Waals surface area contributed by atoms with Gasteiger partial charge in [-0.05, 0) is 48.2 Å². The van der Waals surface area contributed by atoms with E-state index in [1.807, 2.05) is 36.4 Å². The molecule has 33 heavy (non-hydrogen) atoms. The van der Waals surface area contributed by atoms with E-state index in [4.69, 9.17) is 5.10 Å². The molecule has 0 spiro atoms. The Morgan fingerprint density at radius 1 is 1.06 bits per heavy atom. The van der Waals surface area contributed by atoms with Crippen molar-refractivity contribution in [3.8, 4) is 0 Å². The Bertz CT molecular complexity index is 1350. The Labute approximate surface area is 194 Å². The molecule has 0 unspecified atom stereocenters. The molecule has 0 saturated heterocycles. The van der Waals surface area contributed by atoms with Gasteiger partial charge < -0.3 is 4.98 Å². The van der Waals surface area contributed by atoms with Crippen molar-refractivity contribution in [2.24, 2.45) is 11.0 Å². The van der Waals surface area contributed by atoms with Crippen LogP contribution >= 0.6 is 11.8 Å². The van der Waals surface area contributed by atoms with E-state index in [0.717, 1.165) is 40.7 Å². The Morgan fingerprint density at radius 2 is 1.85 bits per heavy atom. The molecule has 2 aliphatic rings. The predicted molar refractivity (Wildman–Crippen MR) is 128 cm³/mol. The van der Waals surface area contributed by atoms with Crippen molar-refractivity contribution in [1.29, 1.82) is 0 Å². The Balaban J connectivity index is 1.31. The minimum atomic E-state index is -0.287. The zero-order valence-electron chi connectivity index (χ0n) is 17.7. The van der Waals surface area contributed by atoms with E-state index in [-0.39, 0.29) is 29.4 Å². The second-order valence-electron chi connectivity index (χ2n) is 8.37. The van der Waals surface area contributed by atoms with Gasteiger partial charge in [-0.3, -0.25) is 4.79 Å². The molecule has 0 radical (unpaired) electrons. The van der Waals surface area contributed by atoms with E-state index < -0.39 is 0 Å². The lowest BCUT2D eigenvalue weighted by atomic mass is 9.77. The van der Waals surface area contributed by atoms with Crippen LogP contribution in [0.4, 0.5) is 4.39 Å². The van der Waals surface area contributed by atoms with Crippen LogP contribution in [0.3, 0.4) is 0 Å².